The van der Waals surface area contributed by atoms with Gasteiger partial charge in [0.1, 0.15) is 6.04 Å². The Morgan fingerprint density at radius 3 is 2.44 bits per heavy atom. The van der Waals surface area contributed by atoms with Crippen molar-refractivity contribution >= 4 is 12.0 Å². The minimum Gasteiger partial charge on any atom is -0.480 e. The van der Waals surface area contributed by atoms with E-state index >= 15 is 0 Å². The van der Waals surface area contributed by atoms with Crippen LogP contribution >= 0.6 is 0 Å². The summed E-state index contributed by atoms with van der Waals surface area (Å²) in [4.78, 5) is 22.2. The van der Waals surface area contributed by atoms with E-state index in [2.05, 4.69) is 10.6 Å². The van der Waals surface area contributed by atoms with Crippen molar-refractivity contribution in [3.8, 4) is 0 Å². The monoisotopic (exact) mass is 228 g/mol. The van der Waals surface area contributed by atoms with Crippen LogP contribution in [0.5, 0.6) is 0 Å². The van der Waals surface area contributed by atoms with E-state index in [4.69, 9.17) is 5.11 Å². The van der Waals surface area contributed by atoms with Crippen LogP contribution in [0.2, 0.25) is 0 Å². The lowest BCUT2D eigenvalue weighted by Crippen LogP contribution is -2.48. The molecule has 1 aliphatic carbocycles. The van der Waals surface area contributed by atoms with Crippen LogP contribution in [0.4, 0.5) is 4.79 Å². The lowest BCUT2D eigenvalue weighted by Gasteiger charge is -2.18. The molecular weight excluding hydrogens is 208 g/mol. The molecule has 0 radical (unpaired) electrons. The smallest absolute Gasteiger partial charge is 0.326 e. The average molecular weight is 228 g/mol. The first-order valence-electron chi connectivity index (χ1n) is 5.78. The van der Waals surface area contributed by atoms with E-state index in [-0.39, 0.29) is 11.9 Å². The summed E-state index contributed by atoms with van der Waals surface area (Å²) in [6, 6.07) is -1.21. The van der Waals surface area contributed by atoms with Crippen molar-refractivity contribution in [2.45, 2.75) is 39.2 Å². The lowest BCUT2D eigenvalue weighted by atomic mass is 10.1. The molecular formula is C11H20N2O3. The molecule has 0 aromatic carbocycles. The van der Waals surface area contributed by atoms with Crippen molar-refractivity contribution in [2.75, 3.05) is 6.54 Å². The molecule has 1 saturated carbocycles. The molecule has 2 amide bonds. The lowest BCUT2D eigenvalue weighted by molar-refractivity contribution is -0.140. The Hall–Kier alpha value is -1.26. The predicted octanol–water partition coefficient (Wildman–Crippen LogP) is 1.19. The number of hydrogen-bond acceptors (Lipinski definition) is 2. The Morgan fingerprint density at radius 1 is 1.38 bits per heavy atom. The summed E-state index contributed by atoms with van der Waals surface area (Å²) < 4.78 is 0. The highest BCUT2D eigenvalue weighted by Crippen LogP contribution is 2.31. The normalized spacial score (nSPS) is 16.9. The molecule has 3 N–H and O–H groups in total. The summed E-state index contributed by atoms with van der Waals surface area (Å²) in [5, 5.41) is 14.0. The molecule has 1 fully saturated rings. The van der Waals surface area contributed by atoms with E-state index in [1.807, 2.05) is 0 Å². The predicted molar refractivity (Wildman–Crippen MR) is 60.1 cm³/mol. The maximum absolute atomic E-state index is 11.4. The summed E-state index contributed by atoms with van der Waals surface area (Å²) in [6.45, 7) is 4.16. The third-order valence-electron chi connectivity index (χ3n) is 2.75. The number of urea groups is 1. The van der Waals surface area contributed by atoms with E-state index in [0.717, 1.165) is 12.3 Å². The van der Waals surface area contributed by atoms with Crippen molar-refractivity contribution in [1.82, 2.24) is 10.6 Å². The second-order valence-corrected chi connectivity index (χ2v) is 4.69. The number of carboxylic acid groups (broad SMARTS) is 1. The van der Waals surface area contributed by atoms with E-state index in [0.29, 0.717) is 6.54 Å². The number of hydrogen-bond donors (Lipinski definition) is 3. The molecule has 1 atom stereocenters. The zero-order chi connectivity index (χ0) is 12.1. The minimum atomic E-state index is -0.993. The molecule has 0 aromatic rings. The third-order valence-corrected chi connectivity index (χ3v) is 2.75. The van der Waals surface area contributed by atoms with Crippen molar-refractivity contribution in [1.29, 1.82) is 0 Å². The van der Waals surface area contributed by atoms with Crippen LogP contribution in [0.15, 0.2) is 0 Å². The van der Waals surface area contributed by atoms with Gasteiger partial charge in [0.2, 0.25) is 0 Å². The first-order valence-corrected chi connectivity index (χ1v) is 5.78. The first-order chi connectivity index (χ1) is 7.50. The van der Waals surface area contributed by atoms with Gasteiger partial charge in [0.25, 0.3) is 0 Å². The molecule has 0 spiro atoms. The number of aliphatic carboxylic acids is 1. The molecule has 0 saturated heterocycles. The van der Waals surface area contributed by atoms with Gasteiger partial charge in [-0.2, -0.15) is 0 Å². The molecule has 92 valence electrons. The van der Waals surface area contributed by atoms with Gasteiger partial charge in [-0.05, 0) is 18.3 Å². The highest BCUT2D eigenvalue weighted by molar-refractivity contribution is 5.82. The standard InChI is InChI=1S/C11H20N2O3/c1-7(2)9(10(14)15)13-11(16)12-6-5-8-3-4-8/h7-9H,3-6H2,1-2H3,(H,14,15)(H2,12,13,16)/t9-/m1/s1. The van der Waals surface area contributed by atoms with Crippen molar-refractivity contribution in [3.63, 3.8) is 0 Å². The van der Waals surface area contributed by atoms with Gasteiger partial charge in [0.05, 0.1) is 0 Å². The quantitative estimate of drug-likeness (QED) is 0.639. The zero-order valence-corrected chi connectivity index (χ0v) is 9.82. The number of carbonyl (C=O) groups is 2. The molecule has 5 heteroatoms. The maximum Gasteiger partial charge on any atom is 0.326 e. The van der Waals surface area contributed by atoms with Gasteiger partial charge in [0, 0.05) is 6.54 Å². The van der Waals surface area contributed by atoms with Gasteiger partial charge in [-0.25, -0.2) is 9.59 Å². The highest BCUT2D eigenvalue weighted by Gasteiger charge is 2.24. The van der Waals surface area contributed by atoms with Crippen LogP contribution in [0.3, 0.4) is 0 Å². The Morgan fingerprint density at radius 2 is 2.00 bits per heavy atom. The molecule has 0 aliphatic heterocycles. The van der Waals surface area contributed by atoms with Crippen LogP contribution in [0.25, 0.3) is 0 Å². The van der Waals surface area contributed by atoms with Crippen molar-refractivity contribution in [3.05, 3.63) is 0 Å². The van der Waals surface area contributed by atoms with Crippen molar-refractivity contribution in [2.24, 2.45) is 11.8 Å². The fraction of sp³-hybridized carbons (Fsp3) is 0.818. The molecule has 1 aliphatic rings. The zero-order valence-electron chi connectivity index (χ0n) is 9.82. The fourth-order valence-corrected chi connectivity index (χ4v) is 1.50. The molecule has 16 heavy (non-hydrogen) atoms. The van der Waals surface area contributed by atoms with E-state index in [9.17, 15) is 9.59 Å². The van der Waals surface area contributed by atoms with Gasteiger partial charge in [-0.1, -0.05) is 26.7 Å². The van der Waals surface area contributed by atoms with Crippen molar-refractivity contribution < 1.29 is 14.7 Å². The van der Waals surface area contributed by atoms with Gasteiger partial charge >= 0.3 is 12.0 Å². The Bertz CT molecular complexity index is 262. The number of carbonyl (C=O) groups excluding carboxylic acids is 1. The summed E-state index contributed by atoms with van der Waals surface area (Å²) >= 11 is 0. The van der Waals surface area contributed by atoms with E-state index < -0.39 is 12.0 Å². The van der Waals surface area contributed by atoms with Gasteiger partial charge < -0.3 is 15.7 Å². The molecule has 0 aromatic heterocycles. The van der Waals surface area contributed by atoms with Crippen LogP contribution < -0.4 is 10.6 Å². The van der Waals surface area contributed by atoms with Gasteiger partial charge in [-0.3, -0.25) is 0 Å². The second kappa shape index (κ2) is 5.72. The molecule has 5 nitrogen and oxygen atoms in total. The van der Waals surface area contributed by atoms with E-state index in [1.54, 1.807) is 13.8 Å². The maximum atomic E-state index is 11.4. The Labute approximate surface area is 95.6 Å². The van der Waals surface area contributed by atoms with Crippen LogP contribution in [0, 0.1) is 11.8 Å². The SMILES string of the molecule is CC(C)[C@@H](NC(=O)NCCC1CC1)C(=O)O. The molecule has 0 unspecified atom stereocenters. The minimum absolute atomic E-state index is 0.119. The molecule has 1 rings (SSSR count). The highest BCUT2D eigenvalue weighted by atomic mass is 16.4. The van der Waals surface area contributed by atoms with Crippen LogP contribution in [-0.2, 0) is 4.79 Å². The summed E-state index contributed by atoms with van der Waals surface area (Å²) in [5.41, 5.74) is 0. The van der Waals surface area contributed by atoms with Gasteiger partial charge in [0.15, 0.2) is 0 Å². The number of rotatable bonds is 6. The number of nitrogens with one attached hydrogen (secondary N) is 2. The summed E-state index contributed by atoms with van der Waals surface area (Å²) in [6.07, 6.45) is 3.51. The average Bonchev–Trinajstić information content (AvgIpc) is 2.97. The Kier molecular flexibility index (Phi) is 4.58. The summed E-state index contributed by atoms with van der Waals surface area (Å²) in [5.74, 6) is -0.348. The van der Waals surface area contributed by atoms with Crippen LogP contribution in [-0.4, -0.2) is 29.7 Å². The van der Waals surface area contributed by atoms with Crippen LogP contribution in [0.1, 0.15) is 33.1 Å². The fourth-order valence-electron chi connectivity index (χ4n) is 1.50. The Balaban J connectivity index is 2.21. The summed E-state index contributed by atoms with van der Waals surface area (Å²) in [7, 11) is 0. The second-order valence-electron chi connectivity index (χ2n) is 4.69. The number of carboxylic acids is 1. The number of amides is 2. The molecule has 0 bridgehead atoms. The third kappa shape index (κ3) is 4.51. The first kappa shape index (κ1) is 12.8. The van der Waals surface area contributed by atoms with E-state index in [1.165, 1.54) is 12.8 Å². The molecule has 0 heterocycles. The largest absolute Gasteiger partial charge is 0.480 e. The van der Waals surface area contributed by atoms with Gasteiger partial charge in [-0.15, -0.1) is 0 Å². The topological polar surface area (TPSA) is 78.4 Å².